The van der Waals surface area contributed by atoms with Gasteiger partial charge in [-0.1, -0.05) is 38.1 Å². The predicted octanol–water partition coefficient (Wildman–Crippen LogP) is 5.63. The number of allylic oxidation sites excluding steroid dienone is 3. The highest BCUT2D eigenvalue weighted by atomic mass is 16.5. The number of imide groups is 2. The highest BCUT2D eigenvalue weighted by Crippen LogP contribution is 2.45. The number of carbonyl (C=O) groups is 4. The van der Waals surface area contributed by atoms with Crippen molar-refractivity contribution < 1.29 is 28.7 Å². The summed E-state index contributed by atoms with van der Waals surface area (Å²) >= 11 is 0. The molecule has 3 aliphatic rings. The molecule has 8 heteroatoms. The van der Waals surface area contributed by atoms with Crippen molar-refractivity contribution >= 4 is 23.6 Å². The second-order valence-corrected chi connectivity index (χ2v) is 11.6. The molecular formula is C34H30N2O6. The van der Waals surface area contributed by atoms with E-state index in [4.69, 9.17) is 9.47 Å². The maximum Gasteiger partial charge on any atom is 0.261 e. The first-order chi connectivity index (χ1) is 19.9. The van der Waals surface area contributed by atoms with E-state index in [2.05, 4.69) is 13.8 Å². The van der Waals surface area contributed by atoms with Crippen molar-refractivity contribution in [3.63, 3.8) is 0 Å². The Morgan fingerprint density at radius 3 is 1.83 bits per heavy atom. The summed E-state index contributed by atoms with van der Waals surface area (Å²) in [6, 6.07) is 20.5. The number of likely N-dealkylation sites (N-methyl/N-ethyl adjacent to an activating group) is 1. The van der Waals surface area contributed by atoms with Crippen LogP contribution in [-0.4, -0.2) is 47.5 Å². The summed E-state index contributed by atoms with van der Waals surface area (Å²) in [5.41, 5.74) is 2.17. The molecule has 8 nitrogen and oxygen atoms in total. The lowest BCUT2D eigenvalue weighted by Crippen LogP contribution is -2.32. The Bertz CT molecular complexity index is 1730. The van der Waals surface area contributed by atoms with Gasteiger partial charge >= 0.3 is 0 Å². The second kappa shape index (κ2) is 9.55. The van der Waals surface area contributed by atoms with Crippen molar-refractivity contribution in [1.82, 2.24) is 9.80 Å². The molecule has 42 heavy (non-hydrogen) atoms. The normalized spacial score (nSPS) is 19.9. The average molecular weight is 563 g/mol. The van der Waals surface area contributed by atoms with Gasteiger partial charge < -0.3 is 9.47 Å². The molecule has 2 aliphatic heterocycles. The maximum absolute atomic E-state index is 12.7. The number of carbonyl (C=O) groups excluding carboxylic acids is 4. The Balaban J connectivity index is 1.14. The minimum atomic E-state index is -0.901. The first kappa shape index (κ1) is 27.2. The number of rotatable bonds is 6. The van der Waals surface area contributed by atoms with Crippen LogP contribution >= 0.6 is 0 Å². The Hall–Kier alpha value is -4.98. The summed E-state index contributed by atoms with van der Waals surface area (Å²) in [6.07, 6.45) is 3.78. The zero-order valence-electron chi connectivity index (χ0n) is 24.1. The number of amides is 4. The molecule has 3 aromatic rings. The zero-order valence-corrected chi connectivity index (χ0v) is 24.1. The first-order valence-electron chi connectivity index (χ1n) is 13.7. The van der Waals surface area contributed by atoms with Gasteiger partial charge in [-0.2, -0.15) is 0 Å². The first-order valence-corrected chi connectivity index (χ1v) is 13.7. The van der Waals surface area contributed by atoms with E-state index >= 15 is 0 Å². The molecule has 1 aliphatic carbocycles. The summed E-state index contributed by atoms with van der Waals surface area (Å²) in [4.78, 5) is 51.8. The van der Waals surface area contributed by atoms with Crippen LogP contribution in [-0.2, 0) is 15.0 Å². The predicted molar refractivity (Wildman–Crippen MR) is 155 cm³/mol. The van der Waals surface area contributed by atoms with Crippen LogP contribution in [0.5, 0.6) is 17.2 Å². The minimum Gasteiger partial charge on any atom is -0.462 e. The van der Waals surface area contributed by atoms with Crippen molar-refractivity contribution in [3.8, 4) is 17.2 Å². The molecule has 1 unspecified atom stereocenters. The summed E-state index contributed by atoms with van der Waals surface area (Å²) in [5, 5.41) is 0. The molecule has 0 spiro atoms. The van der Waals surface area contributed by atoms with Crippen LogP contribution in [0, 0.1) is 5.41 Å². The Morgan fingerprint density at radius 2 is 1.21 bits per heavy atom. The topological polar surface area (TPSA) is 93.2 Å². The molecule has 1 atom stereocenters. The number of benzene rings is 3. The highest BCUT2D eigenvalue weighted by Gasteiger charge is 2.52. The smallest absolute Gasteiger partial charge is 0.261 e. The van der Waals surface area contributed by atoms with E-state index in [9.17, 15) is 19.2 Å². The minimum absolute atomic E-state index is 0.215. The summed E-state index contributed by atoms with van der Waals surface area (Å²) < 4.78 is 12.1. The Kier molecular flexibility index (Phi) is 6.18. The molecule has 0 bridgehead atoms. The van der Waals surface area contributed by atoms with Crippen LogP contribution in [0.25, 0.3) is 0 Å². The fraction of sp³-hybridized carbons (Fsp3) is 0.235. The average Bonchev–Trinajstić information content (AvgIpc) is 3.29. The third-order valence-electron chi connectivity index (χ3n) is 8.57. The van der Waals surface area contributed by atoms with Gasteiger partial charge in [-0.15, -0.1) is 0 Å². The van der Waals surface area contributed by atoms with Gasteiger partial charge in [0.05, 0.1) is 16.5 Å². The molecule has 2 heterocycles. The Labute approximate surface area is 243 Å². The highest BCUT2D eigenvalue weighted by molar-refractivity contribution is 6.21. The van der Waals surface area contributed by atoms with E-state index in [1.807, 2.05) is 48.5 Å². The number of nitrogens with zero attached hydrogens (tertiary/aromatic N) is 2. The fourth-order valence-corrected chi connectivity index (χ4v) is 5.81. The van der Waals surface area contributed by atoms with Crippen LogP contribution in [0.15, 0.2) is 90.2 Å². The van der Waals surface area contributed by atoms with E-state index in [1.54, 1.807) is 37.3 Å². The van der Waals surface area contributed by atoms with Crippen LogP contribution in [0.1, 0.15) is 59.0 Å². The van der Waals surface area contributed by atoms with E-state index < -0.39 is 5.41 Å². The molecule has 0 saturated carbocycles. The molecule has 0 N–H and O–H groups in total. The van der Waals surface area contributed by atoms with Crippen molar-refractivity contribution in [2.24, 2.45) is 5.41 Å². The van der Waals surface area contributed by atoms with Gasteiger partial charge in [0, 0.05) is 31.5 Å². The lowest BCUT2D eigenvalue weighted by Gasteiger charge is -2.27. The van der Waals surface area contributed by atoms with Crippen LogP contribution < -0.4 is 9.47 Å². The summed E-state index contributed by atoms with van der Waals surface area (Å²) in [7, 11) is 2.98. The molecule has 3 aromatic carbocycles. The van der Waals surface area contributed by atoms with Crippen molar-refractivity contribution in [1.29, 1.82) is 0 Å². The lowest BCUT2D eigenvalue weighted by molar-refractivity contribution is -0.139. The van der Waals surface area contributed by atoms with Gasteiger partial charge in [-0.25, -0.2) is 0 Å². The molecule has 0 radical (unpaired) electrons. The monoisotopic (exact) mass is 562 g/mol. The molecule has 0 aromatic heterocycles. The number of fused-ring (bicyclic) bond motifs is 2. The van der Waals surface area contributed by atoms with Gasteiger partial charge in [0.2, 0.25) is 5.91 Å². The van der Waals surface area contributed by atoms with E-state index in [0.29, 0.717) is 46.1 Å². The molecule has 6 rings (SSSR count). The molecule has 212 valence electrons. The van der Waals surface area contributed by atoms with Crippen molar-refractivity contribution in [2.45, 2.75) is 32.6 Å². The van der Waals surface area contributed by atoms with Crippen molar-refractivity contribution in [3.05, 3.63) is 112 Å². The number of hydrogen-bond acceptors (Lipinski definition) is 6. The summed E-state index contributed by atoms with van der Waals surface area (Å²) in [5.74, 6) is 1.26. The quantitative estimate of drug-likeness (QED) is 0.362. The largest absolute Gasteiger partial charge is 0.462 e. The second-order valence-electron chi connectivity index (χ2n) is 11.6. The van der Waals surface area contributed by atoms with Crippen molar-refractivity contribution in [2.75, 3.05) is 14.1 Å². The van der Waals surface area contributed by atoms with Crippen LogP contribution in [0.3, 0.4) is 0 Å². The molecule has 4 amide bonds. The van der Waals surface area contributed by atoms with Gasteiger partial charge in [-0.3, -0.25) is 29.0 Å². The third-order valence-corrected chi connectivity index (χ3v) is 8.57. The number of likely N-dealkylation sites (tertiary alicyclic amines) is 1. The summed E-state index contributed by atoms with van der Waals surface area (Å²) in [6.45, 7) is 6.05. The lowest BCUT2D eigenvalue weighted by atomic mass is 9.77. The van der Waals surface area contributed by atoms with E-state index in [-0.39, 0.29) is 29.0 Å². The van der Waals surface area contributed by atoms with Gasteiger partial charge in [0.15, 0.2) is 0 Å². The standard InChI is InChI=1S/C34H30N2O6/c1-33(2,20-6-10-22(11-7-20)41-24-14-16-26-27(18-24)30(38)35(4)29(26)37)21-8-12-23(13-9-21)42-25-15-17-28-31(39)36(5)32(40)34(28,3)19-25/h6-18H,19H2,1-5H3. The molecule has 1 fully saturated rings. The van der Waals surface area contributed by atoms with E-state index in [1.165, 1.54) is 19.0 Å². The third kappa shape index (κ3) is 4.22. The fourth-order valence-electron chi connectivity index (χ4n) is 5.81. The number of ether oxygens (including phenoxy) is 2. The SMILES string of the molecule is CN1C(=O)c2ccc(Oc3ccc(C(C)(C)c4ccc(OC5=CC=C6C(=O)N(C)C(=O)C6(C)C5)cc4)cc3)cc2C1=O. The van der Waals surface area contributed by atoms with Gasteiger partial charge in [0.1, 0.15) is 23.0 Å². The van der Waals surface area contributed by atoms with E-state index in [0.717, 1.165) is 16.0 Å². The Morgan fingerprint density at radius 1 is 0.667 bits per heavy atom. The van der Waals surface area contributed by atoms with Crippen LogP contribution in [0.2, 0.25) is 0 Å². The molecule has 1 saturated heterocycles. The van der Waals surface area contributed by atoms with Gasteiger partial charge in [-0.05, 0) is 72.7 Å². The zero-order chi connectivity index (χ0) is 30.0. The van der Waals surface area contributed by atoms with Gasteiger partial charge in [0.25, 0.3) is 17.7 Å². The maximum atomic E-state index is 12.7. The van der Waals surface area contributed by atoms with Crippen LogP contribution in [0.4, 0.5) is 0 Å². The number of hydrogen-bond donors (Lipinski definition) is 0. The molecular weight excluding hydrogens is 532 g/mol.